The lowest BCUT2D eigenvalue weighted by Crippen LogP contribution is -2.52. The maximum atomic E-state index is 13.7. The van der Waals surface area contributed by atoms with Crippen LogP contribution in [0.1, 0.15) is 32.7 Å². The van der Waals surface area contributed by atoms with E-state index >= 15 is 0 Å². The summed E-state index contributed by atoms with van der Waals surface area (Å²) in [4.78, 5) is 33.5. The van der Waals surface area contributed by atoms with Gasteiger partial charge in [0.15, 0.2) is 5.84 Å². The Labute approximate surface area is 174 Å². The summed E-state index contributed by atoms with van der Waals surface area (Å²) in [6.07, 6.45) is 0.353. The number of ether oxygens (including phenoxy) is 1. The Kier molecular flexibility index (Phi) is 4.24. The van der Waals surface area contributed by atoms with Gasteiger partial charge in [-0.15, -0.1) is 0 Å². The first kappa shape index (κ1) is 18.3. The molecular formula is C25H20N2O3. The lowest BCUT2D eigenvalue weighted by atomic mass is 9.86. The van der Waals surface area contributed by atoms with E-state index in [-0.39, 0.29) is 5.78 Å². The van der Waals surface area contributed by atoms with Crippen molar-refractivity contribution >= 4 is 29.0 Å². The van der Waals surface area contributed by atoms with Crippen molar-refractivity contribution in [1.29, 1.82) is 0 Å². The maximum absolute atomic E-state index is 13.7. The molecule has 2 aliphatic rings. The third kappa shape index (κ3) is 2.82. The summed E-state index contributed by atoms with van der Waals surface area (Å²) in [5.74, 6) is -0.268. The molecule has 0 aliphatic carbocycles. The van der Waals surface area contributed by atoms with Crippen molar-refractivity contribution in [3.63, 3.8) is 0 Å². The summed E-state index contributed by atoms with van der Waals surface area (Å²) < 4.78 is 5.99. The van der Waals surface area contributed by atoms with E-state index in [1.54, 1.807) is 24.3 Å². The fourth-order valence-electron chi connectivity index (χ4n) is 4.13. The minimum absolute atomic E-state index is 0.214. The quantitative estimate of drug-likeness (QED) is 0.601. The van der Waals surface area contributed by atoms with Crippen LogP contribution in [-0.2, 0) is 4.74 Å². The third-order valence-electron chi connectivity index (χ3n) is 5.64. The number of carbonyl (C=O) groups excluding carboxylic acids is 2. The average Bonchev–Trinajstić information content (AvgIpc) is 3.15. The van der Waals surface area contributed by atoms with Gasteiger partial charge in [-0.3, -0.25) is 4.79 Å². The zero-order chi connectivity index (χ0) is 20.7. The number of Topliss-reactive ketones (excluding diaryl/α,β-unsaturated/α-hetero) is 1. The fourth-order valence-corrected chi connectivity index (χ4v) is 4.13. The van der Waals surface area contributed by atoms with Crippen molar-refractivity contribution in [3.8, 4) is 0 Å². The highest BCUT2D eigenvalue weighted by Crippen LogP contribution is 2.42. The predicted octanol–water partition coefficient (Wildman–Crippen LogP) is 4.73. The van der Waals surface area contributed by atoms with E-state index in [1.165, 1.54) is 0 Å². The Bertz CT molecular complexity index is 1170. The van der Waals surface area contributed by atoms with Gasteiger partial charge in [0.1, 0.15) is 0 Å². The number of rotatable bonds is 3. The molecule has 0 spiro atoms. The minimum atomic E-state index is -1.43. The molecule has 0 N–H and O–H groups in total. The first-order valence-corrected chi connectivity index (χ1v) is 9.94. The molecule has 148 valence electrons. The number of aliphatic imine (C=N–C) groups is 1. The Hall–Kier alpha value is -3.73. The number of carbonyl (C=O) groups is 2. The maximum Gasteiger partial charge on any atom is 0.339 e. The van der Waals surface area contributed by atoms with E-state index in [4.69, 9.17) is 9.73 Å². The molecule has 3 aromatic carbocycles. The van der Waals surface area contributed by atoms with Gasteiger partial charge in [-0.05, 0) is 43.3 Å². The van der Waals surface area contributed by atoms with Crippen LogP contribution in [-0.4, -0.2) is 29.7 Å². The molecule has 0 aromatic heterocycles. The van der Waals surface area contributed by atoms with Crippen LogP contribution in [0.25, 0.3) is 0 Å². The van der Waals surface area contributed by atoms with Crippen LogP contribution in [0.2, 0.25) is 0 Å². The number of benzene rings is 3. The van der Waals surface area contributed by atoms with Crippen LogP contribution in [0.5, 0.6) is 0 Å². The number of amidine groups is 1. The number of hydrogen-bond acceptors (Lipinski definition) is 5. The molecule has 1 atom stereocenters. The predicted molar refractivity (Wildman–Crippen MR) is 116 cm³/mol. The molecule has 5 heteroatoms. The van der Waals surface area contributed by atoms with Gasteiger partial charge in [0.25, 0.3) is 0 Å². The van der Waals surface area contributed by atoms with Crippen molar-refractivity contribution in [1.82, 2.24) is 0 Å². The number of fused-ring (bicyclic) bond motifs is 2. The average molecular weight is 396 g/mol. The summed E-state index contributed by atoms with van der Waals surface area (Å²) in [6.45, 7) is 2.46. The zero-order valence-electron chi connectivity index (χ0n) is 16.5. The van der Waals surface area contributed by atoms with Gasteiger partial charge in [0, 0.05) is 24.2 Å². The smallest absolute Gasteiger partial charge is 0.339 e. The zero-order valence-corrected chi connectivity index (χ0v) is 16.5. The number of nitrogens with zero attached hydrogens (tertiary/aromatic N) is 2. The molecule has 5 nitrogen and oxygen atoms in total. The fraction of sp³-hybridized carbons (Fsp3) is 0.160. The molecule has 0 amide bonds. The Morgan fingerprint density at radius 3 is 2.43 bits per heavy atom. The van der Waals surface area contributed by atoms with Crippen molar-refractivity contribution in [2.75, 3.05) is 11.4 Å². The SMILES string of the molecule is Cc1ccc2c(c1)C(=O)C1(OC(=O)c3ccccc3)CCN(c3ccccc3)C1=N2. The molecule has 2 heterocycles. The van der Waals surface area contributed by atoms with Crippen LogP contribution in [0, 0.1) is 6.92 Å². The summed E-state index contributed by atoms with van der Waals surface area (Å²) in [6, 6.07) is 24.1. The highest BCUT2D eigenvalue weighted by Gasteiger charge is 2.57. The molecule has 2 aliphatic heterocycles. The van der Waals surface area contributed by atoms with Crippen LogP contribution in [0.4, 0.5) is 11.4 Å². The van der Waals surface area contributed by atoms with Crippen LogP contribution < -0.4 is 4.90 Å². The van der Waals surface area contributed by atoms with Crippen molar-refractivity contribution in [2.24, 2.45) is 4.99 Å². The van der Waals surface area contributed by atoms with Gasteiger partial charge in [0.2, 0.25) is 11.4 Å². The molecule has 3 aromatic rings. The Morgan fingerprint density at radius 2 is 1.70 bits per heavy atom. The molecule has 0 radical (unpaired) electrons. The highest BCUT2D eigenvalue weighted by molar-refractivity contribution is 6.29. The largest absolute Gasteiger partial charge is 0.439 e. The number of para-hydroxylation sites is 1. The van der Waals surface area contributed by atoms with Gasteiger partial charge in [-0.2, -0.15) is 0 Å². The van der Waals surface area contributed by atoms with Crippen LogP contribution in [0.3, 0.4) is 0 Å². The molecule has 1 unspecified atom stereocenters. The lowest BCUT2D eigenvalue weighted by Gasteiger charge is -2.33. The first-order valence-electron chi connectivity index (χ1n) is 9.94. The summed E-state index contributed by atoms with van der Waals surface area (Å²) >= 11 is 0. The topological polar surface area (TPSA) is 59.0 Å². The molecule has 0 saturated carbocycles. The van der Waals surface area contributed by atoms with Gasteiger partial charge < -0.3 is 9.64 Å². The van der Waals surface area contributed by atoms with Crippen molar-refractivity contribution < 1.29 is 14.3 Å². The van der Waals surface area contributed by atoms with Gasteiger partial charge in [0.05, 0.1) is 11.3 Å². The first-order chi connectivity index (χ1) is 14.6. The second-order valence-electron chi connectivity index (χ2n) is 7.60. The molecule has 1 saturated heterocycles. The van der Waals surface area contributed by atoms with E-state index in [2.05, 4.69) is 0 Å². The second kappa shape index (κ2) is 6.95. The number of anilines is 1. The van der Waals surface area contributed by atoms with Crippen molar-refractivity contribution in [3.05, 3.63) is 95.6 Å². The van der Waals surface area contributed by atoms with Crippen molar-refractivity contribution in [2.45, 2.75) is 18.9 Å². The van der Waals surface area contributed by atoms with Gasteiger partial charge in [-0.1, -0.05) is 48.0 Å². The monoisotopic (exact) mass is 396 g/mol. The van der Waals surface area contributed by atoms with Gasteiger partial charge in [-0.25, -0.2) is 9.79 Å². The summed E-state index contributed by atoms with van der Waals surface area (Å²) in [5, 5.41) is 0. The number of hydrogen-bond donors (Lipinski definition) is 0. The minimum Gasteiger partial charge on any atom is -0.439 e. The molecule has 1 fully saturated rings. The number of aryl methyl sites for hydroxylation is 1. The Balaban J connectivity index is 1.64. The van der Waals surface area contributed by atoms with Crippen LogP contribution >= 0.6 is 0 Å². The summed E-state index contributed by atoms with van der Waals surface area (Å²) in [5.41, 5.74) is 1.96. The van der Waals surface area contributed by atoms with E-state index in [0.717, 1.165) is 11.3 Å². The lowest BCUT2D eigenvalue weighted by molar-refractivity contribution is 0.0139. The van der Waals surface area contributed by atoms with E-state index < -0.39 is 11.6 Å². The second-order valence-corrected chi connectivity index (χ2v) is 7.60. The van der Waals surface area contributed by atoms with Crippen LogP contribution in [0.15, 0.2) is 83.9 Å². The van der Waals surface area contributed by atoms with Gasteiger partial charge >= 0.3 is 5.97 Å². The normalized spacial score (nSPS) is 19.7. The van der Waals surface area contributed by atoms with E-state index in [9.17, 15) is 9.59 Å². The van der Waals surface area contributed by atoms with E-state index in [1.807, 2.05) is 66.4 Å². The highest BCUT2D eigenvalue weighted by atomic mass is 16.6. The molecular weight excluding hydrogens is 376 g/mol. The summed E-state index contributed by atoms with van der Waals surface area (Å²) in [7, 11) is 0. The molecule has 30 heavy (non-hydrogen) atoms. The number of ketones is 1. The molecule has 0 bridgehead atoms. The van der Waals surface area contributed by atoms with E-state index in [0.29, 0.717) is 35.6 Å². The Morgan fingerprint density at radius 1 is 1.00 bits per heavy atom. The standard InChI is InChI=1S/C25H20N2O3/c1-17-12-13-21-20(16-17)22(28)25(30-23(29)18-8-4-2-5-9-18)14-15-27(24(25)26-21)19-10-6-3-7-11-19/h2-13,16H,14-15H2,1H3. The third-order valence-corrected chi connectivity index (χ3v) is 5.64. The number of esters is 1. The molecule has 5 rings (SSSR count).